The van der Waals surface area contributed by atoms with Gasteiger partial charge in [-0.3, -0.25) is 9.59 Å². The number of hydrogen-bond acceptors (Lipinski definition) is 3. The zero-order valence-corrected chi connectivity index (χ0v) is 18.7. The van der Waals surface area contributed by atoms with Gasteiger partial charge in [0.1, 0.15) is 11.8 Å². The molecule has 0 spiro atoms. The SMILES string of the molecule is COc1ccc(CCNC(=O)[C@H](C)N(Cc2ccccc2)C(=O)Cc2ccccc2)cc1. The van der Waals surface area contributed by atoms with E-state index in [-0.39, 0.29) is 18.2 Å². The minimum Gasteiger partial charge on any atom is -0.497 e. The highest BCUT2D eigenvalue weighted by molar-refractivity contribution is 5.88. The van der Waals surface area contributed by atoms with Crippen molar-refractivity contribution in [2.24, 2.45) is 0 Å². The van der Waals surface area contributed by atoms with Crippen LogP contribution in [0.1, 0.15) is 23.6 Å². The fraction of sp³-hybridized carbons (Fsp3) is 0.259. The van der Waals surface area contributed by atoms with Gasteiger partial charge in [-0.1, -0.05) is 72.8 Å². The number of carbonyl (C=O) groups is 2. The highest BCUT2D eigenvalue weighted by atomic mass is 16.5. The number of hydrogen-bond donors (Lipinski definition) is 1. The van der Waals surface area contributed by atoms with E-state index < -0.39 is 6.04 Å². The van der Waals surface area contributed by atoms with Crippen molar-refractivity contribution in [2.75, 3.05) is 13.7 Å². The Morgan fingerprint density at radius 3 is 2.03 bits per heavy atom. The first kappa shape index (κ1) is 23.1. The van der Waals surface area contributed by atoms with Gasteiger partial charge in [-0.25, -0.2) is 0 Å². The molecular formula is C27H30N2O3. The molecule has 0 heterocycles. The largest absolute Gasteiger partial charge is 0.497 e. The summed E-state index contributed by atoms with van der Waals surface area (Å²) in [5.41, 5.74) is 3.04. The lowest BCUT2D eigenvalue weighted by atomic mass is 10.1. The molecule has 0 saturated carbocycles. The summed E-state index contributed by atoms with van der Waals surface area (Å²) in [4.78, 5) is 27.7. The minimum absolute atomic E-state index is 0.0714. The minimum atomic E-state index is -0.581. The van der Waals surface area contributed by atoms with Crippen LogP contribution >= 0.6 is 0 Å². The highest BCUT2D eigenvalue weighted by Gasteiger charge is 2.26. The van der Waals surface area contributed by atoms with Gasteiger partial charge in [-0.2, -0.15) is 0 Å². The molecule has 0 unspecified atom stereocenters. The van der Waals surface area contributed by atoms with Crippen LogP contribution in [-0.2, 0) is 29.0 Å². The molecule has 3 rings (SSSR count). The van der Waals surface area contributed by atoms with E-state index in [4.69, 9.17) is 4.74 Å². The lowest BCUT2D eigenvalue weighted by Crippen LogP contribution is -2.48. The zero-order chi connectivity index (χ0) is 22.8. The molecule has 0 radical (unpaired) electrons. The molecule has 3 aromatic rings. The molecule has 5 heteroatoms. The van der Waals surface area contributed by atoms with Crippen LogP contribution in [0.3, 0.4) is 0 Å². The lowest BCUT2D eigenvalue weighted by Gasteiger charge is -2.29. The first-order chi connectivity index (χ1) is 15.6. The standard InChI is InChI=1S/C27H30N2O3/c1-21(27(31)28-18-17-22-13-15-25(32-2)16-14-22)29(20-24-11-7-4-8-12-24)26(30)19-23-9-5-3-6-10-23/h3-16,21H,17-20H2,1-2H3,(H,28,31)/t21-/m0/s1. The quantitative estimate of drug-likeness (QED) is 0.529. The number of carbonyl (C=O) groups excluding carboxylic acids is 2. The number of nitrogens with one attached hydrogen (secondary N) is 1. The van der Waals surface area contributed by atoms with E-state index in [9.17, 15) is 9.59 Å². The summed E-state index contributed by atoms with van der Waals surface area (Å²) < 4.78 is 5.18. The van der Waals surface area contributed by atoms with Crippen molar-refractivity contribution < 1.29 is 14.3 Å². The molecule has 166 valence electrons. The molecule has 0 aromatic heterocycles. The fourth-order valence-electron chi connectivity index (χ4n) is 3.50. The Kier molecular flexibility index (Phi) is 8.44. The molecule has 0 aliphatic rings. The van der Waals surface area contributed by atoms with Gasteiger partial charge in [-0.15, -0.1) is 0 Å². The number of benzene rings is 3. The van der Waals surface area contributed by atoms with Crippen LogP contribution in [-0.4, -0.2) is 36.4 Å². The van der Waals surface area contributed by atoms with Crippen molar-refractivity contribution in [3.05, 3.63) is 102 Å². The molecule has 0 saturated heterocycles. The van der Waals surface area contributed by atoms with Crippen LogP contribution in [0.2, 0.25) is 0 Å². The number of nitrogens with zero attached hydrogens (tertiary/aromatic N) is 1. The van der Waals surface area contributed by atoms with E-state index in [2.05, 4.69) is 5.32 Å². The number of rotatable bonds is 10. The Labute approximate surface area is 190 Å². The summed E-state index contributed by atoms with van der Waals surface area (Å²) in [7, 11) is 1.64. The molecule has 32 heavy (non-hydrogen) atoms. The van der Waals surface area contributed by atoms with Crippen LogP contribution in [0.25, 0.3) is 0 Å². The Balaban J connectivity index is 1.63. The van der Waals surface area contributed by atoms with Crippen molar-refractivity contribution in [1.29, 1.82) is 0 Å². The van der Waals surface area contributed by atoms with E-state index in [0.29, 0.717) is 19.5 Å². The molecular weight excluding hydrogens is 400 g/mol. The van der Waals surface area contributed by atoms with Gasteiger partial charge in [0.15, 0.2) is 0 Å². The van der Waals surface area contributed by atoms with Gasteiger partial charge < -0.3 is 15.0 Å². The molecule has 0 bridgehead atoms. The maximum Gasteiger partial charge on any atom is 0.242 e. The second kappa shape index (κ2) is 11.7. The Hall–Kier alpha value is -3.60. The monoisotopic (exact) mass is 430 g/mol. The van der Waals surface area contributed by atoms with Gasteiger partial charge in [0.05, 0.1) is 13.5 Å². The molecule has 0 aliphatic carbocycles. The van der Waals surface area contributed by atoms with Crippen molar-refractivity contribution >= 4 is 11.8 Å². The van der Waals surface area contributed by atoms with Gasteiger partial charge in [0, 0.05) is 13.1 Å². The van der Waals surface area contributed by atoms with E-state index in [1.54, 1.807) is 18.9 Å². The predicted molar refractivity (Wildman–Crippen MR) is 126 cm³/mol. The molecule has 0 fully saturated rings. The first-order valence-electron chi connectivity index (χ1n) is 10.8. The number of amides is 2. The molecule has 0 aliphatic heterocycles. The van der Waals surface area contributed by atoms with Crippen LogP contribution in [0, 0.1) is 0 Å². The van der Waals surface area contributed by atoms with Gasteiger partial charge in [0.25, 0.3) is 0 Å². The van der Waals surface area contributed by atoms with Crippen LogP contribution in [0.4, 0.5) is 0 Å². The highest BCUT2D eigenvalue weighted by Crippen LogP contribution is 2.13. The zero-order valence-electron chi connectivity index (χ0n) is 18.7. The number of methoxy groups -OCH3 is 1. The average Bonchev–Trinajstić information content (AvgIpc) is 2.83. The third kappa shape index (κ3) is 6.71. The smallest absolute Gasteiger partial charge is 0.242 e. The molecule has 2 amide bonds. The van der Waals surface area contributed by atoms with E-state index in [0.717, 1.165) is 22.4 Å². The van der Waals surface area contributed by atoms with E-state index in [1.165, 1.54) is 0 Å². The third-order valence-electron chi connectivity index (χ3n) is 5.43. The second-order valence-corrected chi connectivity index (χ2v) is 7.73. The summed E-state index contributed by atoms with van der Waals surface area (Å²) in [6.45, 7) is 2.68. The molecule has 3 aromatic carbocycles. The predicted octanol–water partition coefficient (Wildman–Crippen LogP) is 4.01. The molecule has 5 nitrogen and oxygen atoms in total. The Morgan fingerprint density at radius 1 is 0.844 bits per heavy atom. The normalized spacial score (nSPS) is 11.4. The van der Waals surface area contributed by atoms with Crippen molar-refractivity contribution in [3.63, 3.8) is 0 Å². The van der Waals surface area contributed by atoms with Crippen molar-refractivity contribution in [3.8, 4) is 5.75 Å². The van der Waals surface area contributed by atoms with Crippen molar-refractivity contribution in [1.82, 2.24) is 10.2 Å². The molecule has 1 N–H and O–H groups in total. The van der Waals surface area contributed by atoms with Gasteiger partial charge in [0.2, 0.25) is 11.8 Å². The summed E-state index contributed by atoms with van der Waals surface area (Å²) in [5, 5.41) is 2.98. The second-order valence-electron chi connectivity index (χ2n) is 7.73. The maximum absolute atomic E-state index is 13.2. The Morgan fingerprint density at radius 2 is 1.44 bits per heavy atom. The molecule has 1 atom stereocenters. The van der Waals surface area contributed by atoms with E-state index in [1.807, 2.05) is 84.9 Å². The third-order valence-corrected chi connectivity index (χ3v) is 5.43. The Bertz CT molecular complexity index is 988. The van der Waals surface area contributed by atoms with Crippen LogP contribution < -0.4 is 10.1 Å². The van der Waals surface area contributed by atoms with Gasteiger partial charge >= 0.3 is 0 Å². The summed E-state index contributed by atoms with van der Waals surface area (Å²) in [6.07, 6.45) is 0.968. The first-order valence-corrected chi connectivity index (χ1v) is 10.8. The summed E-state index contributed by atoms with van der Waals surface area (Å²) in [6, 6.07) is 26.6. The topological polar surface area (TPSA) is 58.6 Å². The van der Waals surface area contributed by atoms with Crippen LogP contribution in [0.15, 0.2) is 84.9 Å². The maximum atomic E-state index is 13.2. The number of ether oxygens (including phenoxy) is 1. The van der Waals surface area contributed by atoms with Crippen molar-refractivity contribution in [2.45, 2.75) is 32.4 Å². The average molecular weight is 431 g/mol. The van der Waals surface area contributed by atoms with E-state index >= 15 is 0 Å². The van der Waals surface area contributed by atoms with Crippen LogP contribution in [0.5, 0.6) is 5.75 Å². The lowest BCUT2D eigenvalue weighted by molar-refractivity contribution is -0.140. The summed E-state index contributed by atoms with van der Waals surface area (Å²) in [5.74, 6) is 0.577. The van der Waals surface area contributed by atoms with Gasteiger partial charge in [-0.05, 0) is 42.2 Å². The fourth-order valence-corrected chi connectivity index (χ4v) is 3.50. The summed E-state index contributed by atoms with van der Waals surface area (Å²) >= 11 is 0.